The zero-order valence-corrected chi connectivity index (χ0v) is 24.7. The quantitative estimate of drug-likeness (QED) is 0.325. The van der Waals surface area contributed by atoms with Crippen molar-refractivity contribution in [2.24, 2.45) is 0 Å². The standard InChI is InChI=1S/C32H38FN3O4S/c1-4-30(32(38)34-27-7-5-6-8-27)35(21-25-13-9-23(2)10-14-25)31(37)22-36(28-17-15-26(33)16-18-28)41(39,40)29-19-11-24(3)12-20-29/h9-20,27,30H,4-8,21-22H2,1-3H3,(H,34,38)/t30-/m0/s1. The van der Waals surface area contributed by atoms with Crippen LogP contribution in [0.2, 0.25) is 0 Å². The van der Waals surface area contributed by atoms with Crippen LogP contribution in [0.5, 0.6) is 0 Å². The maximum Gasteiger partial charge on any atom is 0.264 e. The molecule has 9 heteroatoms. The van der Waals surface area contributed by atoms with Crippen LogP contribution in [0, 0.1) is 19.7 Å². The molecule has 218 valence electrons. The van der Waals surface area contributed by atoms with Crippen LogP contribution in [0.15, 0.2) is 77.7 Å². The van der Waals surface area contributed by atoms with Gasteiger partial charge in [0.25, 0.3) is 10.0 Å². The lowest BCUT2D eigenvalue weighted by molar-refractivity contribution is -0.140. The molecule has 0 aliphatic heterocycles. The summed E-state index contributed by atoms with van der Waals surface area (Å²) >= 11 is 0. The summed E-state index contributed by atoms with van der Waals surface area (Å²) in [7, 11) is -4.20. The molecule has 7 nitrogen and oxygen atoms in total. The van der Waals surface area contributed by atoms with Crippen LogP contribution < -0.4 is 9.62 Å². The number of nitrogens with one attached hydrogen (secondary N) is 1. The molecule has 1 saturated carbocycles. The van der Waals surface area contributed by atoms with Crippen LogP contribution >= 0.6 is 0 Å². The first-order valence-electron chi connectivity index (χ1n) is 14.1. The first-order chi connectivity index (χ1) is 19.6. The van der Waals surface area contributed by atoms with Gasteiger partial charge in [-0.3, -0.25) is 13.9 Å². The van der Waals surface area contributed by atoms with Gasteiger partial charge >= 0.3 is 0 Å². The number of carbonyl (C=O) groups is 2. The van der Waals surface area contributed by atoms with Gasteiger partial charge in [-0.2, -0.15) is 0 Å². The van der Waals surface area contributed by atoms with Crippen LogP contribution in [0.25, 0.3) is 0 Å². The lowest BCUT2D eigenvalue weighted by atomic mass is 10.1. The highest BCUT2D eigenvalue weighted by Crippen LogP contribution is 2.26. The summed E-state index contributed by atoms with van der Waals surface area (Å²) in [5, 5.41) is 3.11. The summed E-state index contributed by atoms with van der Waals surface area (Å²) < 4.78 is 42.5. The lowest BCUT2D eigenvalue weighted by Gasteiger charge is -2.33. The van der Waals surface area contributed by atoms with E-state index in [9.17, 15) is 22.4 Å². The fraction of sp³-hybridized carbons (Fsp3) is 0.375. The summed E-state index contributed by atoms with van der Waals surface area (Å²) in [5.74, 6) is -1.29. The Morgan fingerprint density at radius 1 is 0.902 bits per heavy atom. The minimum absolute atomic E-state index is 0.0105. The van der Waals surface area contributed by atoms with Crippen LogP contribution in [0.3, 0.4) is 0 Å². The lowest BCUT2D eigenvalue weighted by Crippen LogP contribution is -2.53. The van der Waals surface area contributed by atoms with Gasteiger partial charge in [0, 0.05) is 12.6 Å². The van der Waals surface area contributed by atoms with E-state index in [2.05, 4.69) is 5.32 Å². The van der Waals surface area contributed by atoms with Gasteiger partial charge in [0.2, 0.25) is 11.8 Å². The van der Waals surface area contributed by atoms with E-state index in [0.29, 0.717) is 6.42 Å². The summed E-state index contributed by atoms with van der Waals surface area (Å²) in [5.41, 5.74) is 2.92. The summed E-state index contributed by atoms with van der Waals surface area (Å²) in [6, 6.07) is 18.3. The molecule has 2 amide bonds. The van der Waals surface area contributed by atoms with Gasteiger partial charge in [0.15, 0.2) is 0 Å². The molecule has 0 spiro atoms. The van der Waals surface area contributed by atoms with Crippen molar-refractivity contribution in [3.8, 4) is 0 Å². The second-order valence-electron chi connectivity index (χ2n) is 10.7. The number of benzene rings is 3. The molecule has 1 fully saturated rings. The number of sulfonamides is 1. The van der Waals surface area contributed by atoms with Gasteiger partial charge in [-0.05, 0) is 75.1 Å². The largest absolute Gasteiger partial charge is 0.352 e. The summed E-state index contributed by atoms with van der Waals surface area (Å²) in [6.07, 6.45) is 4.27. The molecular formula is C32H38FN3O4S. The third-order valence-electron chi connectivity index (χ3n) is 7.56. The Bertz CT molecular complexity index is 1440. The molecule has 3 aromatic rings. The minimum Gasteiger partial charge on any atom is -0.352 e. The maximum atomic E-state index is 14.1. The zero-order chi connectivity index (χ0) is 29.6. The Kier molecular flexibility index (Phi) is 9.81. The van der Waals surface area contributed by atoms with E-state index in [-0.39, 0.29) is 29.1 Å². The Morgan fingerprint density at radius 2 is 1.46 bits per heavy atom. The predicted octanol–water partition coefficient (Wildman–Crippen LogP) is 5.50. The van der Waals surface area contributed by atoms with E-state index in [4.69, 9.17) is 0 Å². The highest BCUT2D eigenvalue weighted by Gasteiger charge is 2.34. The highest BCUT2D eigenvalue weighted by molar-refractivity contribution is 7.92. The van der Waals surface area contributed by atoms with Gasteiger partial charge in [0.1, 0.15) is 18.4 Å². The van der Waals surface area contributed by atoms with Crippen molar-refractivity contribution < 1.29 is 22.4 Å². The second kappa shape index (κ2) is 13.3. The molecule has 0 aromatic heterocycles. The fourth-order valence-electron chi connectivity index (χ4n) is 5.15. The number of carbonyl (C=O) groups excluding carboxylic acids is 2. The number of rotatable bonds is 11. The van der Waals surface area contributed by atoms with E-state index in [0.717, 1.165) is 58.8 Å². The van der Waals surface area contributed by atoms with Crippen molar-refractivity contribution in [1.82, 2.24) is 10.2 Å². The summed E-state index contributed by atoms with van der Waals surface area (Å²) in [6.45, 7) is 5.24. The van der Waals surface area contributed by atoms with Crippen molar-refractivity contribution >= 4 is 27.5 Å². The van der Waals surface area contributed by atoms with Crippen molar-refractivity contribution in [2.75, 3.05) is 10.8 Å². The number of nitrogens with zero attached hydrogens (tertiary/aromatic N) is 2. The number of halogens is 1. The monoisotopic (exact) mass is 579 g/mol. The highest BCUT2D eigenvalue weighted by atomic mass is 32.2. The Balaban J connectivity index is 1.70. The van der Waals surface area contributed by atoms with E-state index in [1.165, 1.54) is 29.2 Å². The third kappa shape index (κ3) is 7.52. The van der Waals surface area contributed by atoms with Crippen molar-refractivity contribution in [3.63, 3.8) is 0 Å². The van der Waals surface area contributed by atoms with Crippen molar-refractivity contribution in [1.29, 1.82) is 0 Å². The molecule has 1 aliphatic carbocycles. The van der Waals surface area contributed by atoms with E-state index in [1.54, 1.807) is 12.1 Å². The Morgan fingerprint density at radius 3 is 2.02 bits per heavy atom. The van der Waals surface area contributed by atoms with Gasteiger partial charge in [-0.15, -0.1) is 0 Å². The normalized spacial score (nSPS) is 14.4. The molecule has 41 heavy (non-hydrogen) atoms. The van der Waals surface area contributed by atoms with Gasteiger partial charge in [-0.1, -0.05) is 67.3 Å². The third-order valence-corrected chi connectivity index (χ3v) is 9.35. The Labute approximate surface area is 242 Å². The topological polar surface area (TPSA) is 86.8 Å². The van der Waals surface area contributed by atoms with Crippen molar-refractivity contribution in [3.05, 3.63) is 95.3 Å². The van der Waals surface area contributed by atoms with Gasteiger partial charge in [0.05, 0.1) is 10.6 Å². The maximum absolute atomic E-state index is 14.1. The molecule has 3 aromatic carbocycles. The predicted molar refractivity (Wildman–Crippen MR) is 158 cm³/mol. The molecule has 1 aliphatic rings. The summed E-state index contributed by atoms with van der Waals surface area (Å²) in [4.78, 5) is 29.1. The number of anilines is 1. The molecule has 0 heterocycles. The zero-order valence-electron chi connectivity index (χ0n) is 23.8. The number of hydrogen-bond donors (Lipinski definition) is 1. The van der Waals surface area contributed by atoms with Crippen LogP contribution in [-0.2, 0) is 26.2 Å². The molecule has 0 bridgehead atoms. The smallest absolute Gasteiger partial charge is 0.264 e. The molecule has 1 atom stereocenters. The average molecular weight is 580 g/mol. The SMILES string of the molecule is CC[C@@H](C(=O)NC1CCCC1)N(Cc1ccc(C)cc1)C(=O)CN(c1ccc(F)cc1)S(=O)(=O)c1ccc(C)cc1. The van der Waals surface area contributed by atoms with Crippen LogP contribution in [0.1, 0.15) is 55.7 Å². The minimum atomic E-state index is -4.20. The number of aryl methyl sites for hydroxylation is 2. The number of hydrogen-bond acceptors (Lipinski definition) is 4. The molecule has 0 saturated heterocycles. The van der Waals surface area contributed by atoms with Gasteiger partial charge < -0.3 is 10.2 Å². The van der Waals surface area contributed by atoms with Crippen molar-refractivity contribution in [2.45, 2.75) is 76.4 Å². The molecule has 0 unspecified atom stereocenters. The first-order valence-corrected chi connectivity index (χ1v) is 15.5. The Hall–Kier alpha value is -3.72. The number of amides is 2. The molecule has 1 N–H and O–H groups in total. The van der Waals surface area contributed by atoms with E-state index >= 15 is 0 Å². The first kappa shape index (κ1) is 30.2. The van der Waals surface area contributed by atoms with Crippen LogP contribution in [-0.4, -0.2) is 43.8 Å². The second-order valence-corrected chi connectivity index (χ2v) is 12.6. The molecule has 0 radical (unpaired) electrons. The molecule has 4 rings (SSSR count). The van der Waals surface area contributed by atoms with E-state index in [1.807, 2.05) is 45.0 Å². The average Bonchev–Trinajstić information content (AvgIpc) is 3.46. The fourth-order valence-corrected chi connectivity index (χ4v) is 6.56. The van der Waals surface area contributed by atoms with Gasteiger partial charge in [-0.25, -0.2) is 12.8 Å². The molecular weight excluding hydrogens is 541 g/mol. The van der Waals surface area contributed by atoms with Crippen LogP contribution in [0.4, 0.5) is 10.1 Å². The van der Waals surface area contributed by atoms with E-state index < -0.39 is 34.3 Å².